The van der Waals surface area contributed by atoms with Gasteiger partial charge >= 0.3 is 5.97 Å². The maximum absolute atomic E-state index is 12.5. The van der Waals surface area contributed by atoms with E-state index in [2.05, 4.69) is 13.8 Å². The minimum Gasteiger partial charge on any atom is -0.458 e. The van der Waals surface area contributed by atoms with Crippen molar-refractivity contribution in [2.45, 2.75) is 152 Å². The first-order valence-corrected chi connectivity index (χ1v) is 18.2. The summed E-state index contributed by atoms with van der Waals surface area (Å²) in [5.41, 5.74) is 0.221. The fourth-order valence-electron chi connectivity index (χ4n) is 11.6. The van der Waals surface area contributed by atoms with Gasteiger partial charge in [-0.2, -0.15) is 0 Å². The second-order valence-electron chi connectivity index (χ2n) is 16.4. The molecular weight excluding hydrogens is 624 g/mol. The van der Waals surface area contributed by atoms with Gasteiger partial charge in [-0.05, 0) is 99.4 Å². The summed E-state index contributed by atoms with van der Waals surface area (Å²) < 4.78 is 35.6. The molecule has 12 heteroatoms. The van der Waals surface area contributed by atoms with Crippen molar-refractivity contribution in [2.75, 3.05) is 20.3 Å². The number of carbonyl (C=O) groups is 1. The molecule has 5 N–H and O–H groups in total. The summed E-state index contributed by atoms with van der Waals surface area (Å²) in [6, 6.07) is 0. The average molecular weight is 681 g/mol. The highest BCUT2D eigenvalue weighted by Gasteiger charge is 2.67. The molecule has 0 amide bonds. The lowest BCUT2D eigenvalue weighted by Gasteiger charge is -2.64. The van der Waals surface area contributed by atoms with Gasteiger partial charge in [0.15, 0.2) is 12.6 Å². The zero-order valence-corrected chi connectivity index (χ0v) is 28.7. The molecule has 12 nitrogen and oxygen atoms in total. The third-order valence-electron chi connectivity index (χ3n) is 14.3. The molecule has 6 fully saturated rings. The highest BCUT2D eigenvalue weighted by Crippen LogP contribution is 2.70. The molecule has 3 aliphatic heterocycles. The van der Waals surface area contributed by atoms with Crippen LogP contribution in [0.4, 0.5) is 0 Å². The average Bonchev–Trinajstić information content (AvgIpc) is 3.61. The zero-order chi connectivity index (χ0) is 34.2. The minimum absolute atomic E-state index is 0.0388. The maximum atomic E-state index is 12.5. The molecule has 4 aliphatic carbocycles. The summed E-state index contributed by atoms with van der Waals surface area (Å²) in [5.74, 6) is 1.14. The third-order valence-corrected chi connectivity index (χ3v) is 14.3. The quantitative estimate of drug-likeness (QED) is 0.196. The van der Waals surface area contributed by atoms with Gasteiger partial charge in [0.2, 0.25) is 0 Å². The van der Waals surface area contributed by atoms with E-state index in [0.29, 0.717) is 24.9 Å². The van der Waals surface area contributed by atoms with Crippen molar-refractivity contribution in [1.82, 2.24) is 0 Å². The summed E-state index contributed by atoms with van der Waals surface area (Å²) in [6.45, 7) is 6.40. The van der Waals surface area contributed by atoms with Gasteiger partial charge in [0.25, 0.3) is 0 Å². The molecule has 272 valence electrons. The number of methoxy groups -OCH3 is 1. The standard InChI is InChI=1S/C36H56O12/c1-18-32(48-33-31(41)30(40)29(39)26(16-37)47-33)25(43-4)15-28(45-18)46-21-7-10-34(2)20(14-21)5-6-24-23(34)8-11-35(3)22(9-12-36(24,35)42)19-13-27(38)44-17-19/h13,18,20-26,28-33,37,39-42H,5-12,14-17H2,1-4H3. The van der Waals surface area contributed by atoms with Gasteiger partial charge < -0.3 is 54.0 Å². The van der Waals surface area contributed by atoms with Crippen molar-refractivity contribution < 1.29 is 58.7 Å². The van der Waals surface area contributed by atoms with Crippen molar-refractivity contribution in [1.29, 1.82) is 0 Å². The van der Waals surface area contributed by atoms with Crippen molar-refractivity contribution in [3.05, 3.63) is 11.6 Å². The summed E-state index contributed by atoms with van der Waals surface area (Å²) in [5, 5.41) is 52.9. The number of rotatable bonds is 7. The number of aliphatic hydroxyl groups is 5. The van der Waals surface area contributed by atoms with E-state index in [4.69, 9.17) is 28.4 Å². The normalized spacial score (nSPS) is 53.8. The van der Waals surface area contributed by atoms with Crippen LogP contribution in [0.2, 0.25) is 0 Å². The zero-order valence-electron chi connectivity index (χ0n) is 28.7. The minimum atomic E-state index is -1.53. The molecule has 0 radical (unpaired) electrons. The molecule has 17 atom stereocenters. The molecule has 48 heavy (non-hydrogen) atoms. The monoisotopic (exact) mass is 680 g/mol. The Labute approximate surface area is 283 Å². The number of ether oxygens (including phenoxy) is 6. The van der Waals surface area contributed by atoms with E-state index in [0.717, 1.165) is 63.4 Å². The number of aliphatic hydroxyl groups excluding tert-OH is 4. The predicted octanol–water partition coefficient (Wildman–Crippen LogP) is 1.96. The van der Waals surface area contributed by atoms with Crippen LogP contribution >= 0.6 is 0 Å². The summed E-state index contributed by atoms with van der Waals surface area (Å²) in [4.78, 5) is 11.9. The lowest BCUT2D eigenvalue weighted by atomic mass is 9.43. The van der Waals surface area contributed by atoms with Crippen LogP contribution in [-0.2, 0) is 33.2 Å². The Kier molecular flexibility index (Phi) is 9.61. The molecule has 0 spiro atoms. The van der Waals surface area contributed by atoms with Crippen LogP contribution < -0.4 is 0 Å². The summed E-state index contributed by atoms with van der Waals surface area (Å²) in [7, 11) is 1.58. The van der Waals surface area contributed by atoms with E-state index >= 15 is 0 Å². The van der Waals surface area contributed by atoms with E-state index in [1.165, 1.54) is 0 Å². The molecule has 0 aromatic heterocycles. The van der Waals surface area contributed by atoms with Gasteiger partial charge in [-0.1, -0.05) is 13.8 Å². The van der Waals surface area contributed by atoms with Crippen molar-refractivity contribution in [3.63, 3.8) is 0 Å². The second-order valence-corrected chi connectivity index (χ2v) is 16.4. The highest BCUT2D eigenvalue weighted by atomic mass is 16.7. The fraction of sp³-hybridized carbons (Fsp3) is 0.917. The number of carbonyl (C=O) groups excluding carboxylic acids is 1. The Hall–Kier alpha value is -1.19. The van der Waals surface area contributed by atoms with Crippen LogP contribution in [0, 0.1) is 34.5 Å². The molecular formula is C36H56O12. The van der Waals surface area contributed by atoms with E-state index in [9.17, 15) is 30.3 Å². The lowest BCUT2D eigenvalue weighted by Crippen LogP contribution is -2.62. The molecule has 4 saturated carbocycles. The number of esters is 1. The Bertz CT molecular complexity index is 1230. The number of fused-ring (bicyclic) bond motifs is 5. The van der Waals surface area contributed by atoms with Crippen LogP contribution in [0.25, 0.3) is 0 Å². The third kappa shape index (κ3) is 5.61. The number of hydrogen-bond donors (Lipinski definition) is 5. The van der Waals surface area contributed by atoms with E-state index < -0.39 is 67.5 Å². The first kappa shape index (κ1) is 35.2. The van der Waals surface area contributed by atoms with Crippen LogP contribution in [-0.4, -0.2) is 119 Å². The Morgan fingerprint density at radius 3 is 2.42 bits per heavy atom. The van der Waals surface area contributed by atoms with E-state index in [1.54, 1.807) is 13.2 Å². The first-order valence-electron chi connectivity index (χ1n) is 18.2. The number of hydrogen-bond acceptors (Lipinski definition) is 12. The second kappa shape index (κ2) is 13.1. The van der Waals surface area contributed by atoms with Gasteiger partial charge in [-0.3, -0.25) is 0 Å². The van der Waals surface area contributed by atoms with E-state index in [-0.39, 0.29) is 34.7 Å². The fourth-order valence-corrected chi connectivity index (χ4v) is 11.6. The lowest BCUT2D eigenvalue weighted by molar-refractivity contribution is -0.345. The first-order chi connectivity index (χ1) is 22.8. The largest absolute Gasteiger partial charge is 0.458 e. The molecule has 3 heterocycles. The Morgan fingerprint density at radius 2 is 1.71 bits per heavy atom. The van der Waals surface area contributed by atoms with Gasteiger partial charge in [-0.15, -0.1) is 0 Å². The molecule has 17 unspecified atom stereocenters. The molecule has 7 rings (SSSR count). The molecule has 2 saturated heterocycles. The summed E-state index contributed by atoms with van der Waals surface area (Å²) >= 11 is 0. The van der Waals surface area contributed by atoms with Crippen LogP contribution in [0.5, 0.6) is 0 Å². The molecule has 7 aliphatic rings. The van der Waals surface area contributed by atoms with Crippen molar-refractivity contribution >= 4 is 5.97 Å². The van der Waals surface area contributed by atoms with Gasteiger partial charge in [-0.25, -0.2) is 4.79 Å². The van der Waals surface area contributed by atoms with Gasteiger partial charge in [0.1, 0.15) is 37.1 Å². The summed E-state index contributed by atoms with van der Waals surface area (Å²) in [6.07, 6.45) is 1.91. The van der Waals surface area contributed by atoms with Crippen molar-refractivity contribution in [2.24, 2.45) is 34.5 Å². The predicted molar refractivity (Wildman–Crippen MR) is 169 cm³/mol. The smallest absolute Gasteiger partial charge is 0.331 e. The van der Waals surface area contributed by atoms with Crippen LogP contribution in [0.1, 0.15) is 85.0 Å². The van der Waals surface area contributed by atoms with Crippen LogP contribution in [0.3, 0.4) is 0 Å². The molecule has 0 aromatic rings. The number of cyclic esters (lactones) is 1. The molecule has 0 bridgehead atoms. The SMILES string of the molecule is COC1CC(OC2CCC3(C)C(CCC4C3CCC3(C)C(C5=CC(=O)OC5)CCC43O)C2)OC(C)C1OC1OC(CO)C(O)C(O)C1O. The van der Waals surface area contributed by atoms with Crippen molar-refractivity contribution in [3.8, 4) is 0 Å². The van der Waals surface area contributed by atoms with E-state index in [1.807, 2.05) is 6.92 Å². The van der Waals surface area contributed by atoms with Gasteiger partial charge in [0, 0.05) is 25.0 Å². The Balaban J connectivity index is 0.971. The van der Waals surface area contributed by atoms with Gasteiger partial charge in [0.05, 0.1) is 30.5 Å². The Morgan fingerprint density at radius 1 is 0.917 bits per heavy atom. The maximum Gasteiger partial charge on any atom is 0.331 e. The topological polar surface area (TPSA) is 174 Å². The highest BCUT2D eigenvalue weighted by molar-refractivity contribution is 5.85. The molecule has 0 aromatic carbocycles. The van der Waals surface area contributed by atoms with Crippen LogP contribution in [0.15, 0.2) is 11.6 Å².